The van der Waals surface area contributed by atoms with Crippen molar-refractivity contribution in [3.8, 4) is 0 Å². The number of rotatable bonds is 6. The smallest absolute Gasteiger partial charge is 0.238 e. The van der Waals surface area contributed by atoms with Crippen molar-refractivity contribution in [3.05, 3.63) is 0 Å². The van der Waals surface area contributed by atoms with Gasteiger partial charge in [0.15, 0.2) is 0 Å². The first-order valence-corrected chi connectivity index (χ1v) is 6.36. The highest BCUT2D eigenvalue weighted by molar-refractivity contribution is 5.84. The van der Waals surface area contributed by atoms with Crippen LogP contribution in [0.5, 0.6) is 0 Å². The maximum absolute atomic E-state index is 11.5. The Hall–Kier alpha value is -0.610. The first-order valence-electron chi connectivity index (χ1n) is 6.36. The third-order valence-electron chi connectivity index (χ3n) is 3.30. The zero-order valence-electron chi connectivity index (χ0n) is 10.6. The summed E-state index contributed by atoms with van der Waals surface area (Å²) in [5, 5.41) is 3.28. The summed E-state index contributed by atoms with van der Waals surface area (Å²) in [6.45, 7) is 7.78. The molecule has 94 valence electrons. The van der Waals surface area contributed by atoms with E-state index in [1.54, 1.807) is 0 Å². The zero-order valence-corrected chi connectivity index (χ0v) is 10.6. The Labute approximate surface area is 98.6 Å². The van der Waals surface area contributed by atoms with Crippen molar-refractivity contribution in [1.29, 1.82) is 0 Å². The summed E-state index contributed by atoms with van der Waals surface area (Å²) in [4.78, 5) is 13.9. The first kappa shape index (κ1) is 13.5. The van der Waals surface area contributed by atoms with Gasteiger partial charge in [-0.3, -0.25) is 4.79 Å². The molecular formula is C12H25N3O. The lowest BCUT2D eigenvalue weighted by Gasteiger charge is -2.35. The van der Waals surface area contributed by atoms with Crippen LogP contribution < -0.4 is 11.1 Å². The molecular weight excluding hydrogens is 202 g/mol. The molecule has 0 aromatic heterocycles. The summed E-state index contributed by atoms with van der Waals surface area (Å²) in [5.41, 5.74) is 4.92. The number of nitrogens with one attached hydrogen (secondary N) is 1. The summed E-state index contributed by atoms with van der Waals surface area (Å²) < 4.78 is 0. The lowest BCUT2D eigenvalue weighted by Crippen LogP contribution is -2.60. The molecule has 16 heavy (non-hydrogen) atoms. The van der Waals surface area contributed by atoms with Gasteiger partial charge in [0.2, 0.25) is 5.91 Å². The molecule has 0 bridgehead atoms. The maximum Gasteiger partial charge on any atom is 0.238 e. The summed E-state index contributed by atoms with van der Waals surface area (Å²) in [7, 11) is 0. The average Bonchev–Trinajstić information content (AvgIpc) is 2.27. The highest BCUT2D eigenvalue weighted by Crippen LogP contribution is 2.13. The predicted molar refractivity (Wildman–Crippen MR) is 66.2 cm³/mol. The Morgan fingerprint density at radius 2 is 2.00 bits per heavy atom. The minimum atomic E-state index is -0.576. The van der Waals surface area contributed by atoms with Crippen molar-refractivity contribution >= 4 is 5.91 Å². The van der Waals surface area contributed by atoms with Crippen LogP contribution in [0, 0.1) is 0 Å². The molecule has 1 aliphatic rings. The lowest BCUT2D eigenvalue weighted by atomic mass is 9.99. The number of nitrogens with two attached hydrogens (primary N) is 1. The van der Waals surface area contributed by atoms with E-state index in [0.29, 0.717) is 0 Å². The van der Waals surface area contributed by atoms with Crippen LogP contribution in [0.2, 0.25) is 0 Å². The van der Waals surface area contributed by atoms with Crippen molar-refractivity contribution in [2.75, 3.05) is 26.2 Å². The number of hydrogen-bond acceptors (Lipinski definition) is 3. The molecule has 1 fully saturated rings. The number of primary amides is 1. The molecule has 1 rings (SSSR count). The molecule has 4 heteroatoms. The second kappa shape index (κ2) is 6.21. The van der Waals surface area contributed by atoms with Gasteiger partial charge in [-0.15, -0.1) is 0 Å². The average molecular weight is 227 g/mol. The van der Waals surface area contributed by atoms with E-state index in [1.807, 2.05) is 6.92 Å². The Kier molecular flexibility index (Phi) is 5.22. The Bertz CT molecular complexity index is 226. The van der Waals surface area contributed by atoms with Crippen LogP contribution in [0.15, 0.2) is 0 Å². The number of amides is 1. The van der Waals surface area contributed by atoms with Crippen LogP contribution in [-0.4, -0.2) is 42.5 Å². The molecule has 4 nitrogen and oxygen atoms in total. The highest BCUT2D eigenvalue weighted by Gasteiger charge is 2.32. The van der Waals surface area contributed by atoms with Gasteiger partial charge in [0, 0.05) is 6.54 Å². The summed E-state index contributed by atoms with van der Waals surface area (Å²) in [5.74, 6) is -0.244. The van der Waals surface area contributed by atoms with Gasteiger partial charge in [0.1, 0.15) is 5.54 Å². The van der Waals surface area contributed by atoms with Crippen LogP contribution in [0.1, 0.15) is 39.5 Å². The summed E-state index contributed by atoms with van der Waals surface area (Å²) >= 11 is 0. The lowest BCUT2D eigenvalue weighted by molar-refractivity contribution is -0.124. The molecule has 1 unspecified atom stereocenters. The van der Waals surface area contributed by atoms with Gasteiger partial charge in [0.05, 0.1) is 0 Å². The maximum atomic E-state index is 11.5. The number of likely N-dealkylation sites (tertiary alicyclic amines) is 1. The normalized spacial score (nSPS) is 21.6. The second-order valence-electron chi connectivity index (χ2n) is 4.96. The molecule has 1 amide bonds. The van der Waals surface area contributed by atoms with Gasteiger partial charge in [-0.05, 0) is 45.8 Å². The first-order chi connectivity index (χ1) is 7.58. The fraction of sp³-hybridized carbons (Fsp3) is 0.917. The molecule has 0 aliphatic carbocycles. The number of carbonyl (C=O) groups excluding carboxylic acids is 1. The van der Waals surface area contributed by atoms with E-state index in [1.165, 1.54) is 19.3 Å². The number of hydrogen-bond donors (Lipinski definition) is 2. The molecule has 0 aromatic carbocycles. The highest BCUT2D eigenvalue weighted by atomic mass is 16.1. The Morgan fingerprint density at radius 3 is 2.50 bits per heavy atom. The minimum absolute atomic E-state index is 0.244. The predicted octanol–water partition coefficient (Wildman–Crippen LogP) is 0.716. The number of carbonyl (C=O) groups is 1. The van der Waals surface area contributed by atoms with E-state index in [2.05, 4.69) is 17.1 Å². The Balaban J connectivity index is 2.51. The van der Waals surface area contributed by atoms with Gasteiger partial charge < -0.3 is 16.0 Å². The van der Waals surface area contributed by atoms with Gasteiger partial charge in [-0.1, -0.05) is 13.3 Å². The van der Waals surface area contributed by atoms with Crippen LogP contribution in [0.25, 0.3) is 0 Å². The molecule has 1 aliphatic heterocycles. The van der Waals surface area contributed by atoms with Crippen molar-refractivity contribution < 1.29 is 4.79 Å². The van der Waals surface area contributed by atoms with Crippen LogP contribution in [-0.2, 0) is 4.79 Å². The topological polar surface area (TPSA) is 58.4 Å². The van der Waals surface area contributed by atoms with Crippen molar-refractivity contribution in [2.24, 2.45) is 5.73 Å². The van der Waals surface area contributed by atoms with Crippen molar-refractivity contribution in [2.45, 2.75) is 45.1 Å². The summed E-state index contributed by atoms with van der Waals surface area (Å²) in [6.07, 6.45) is 4.81. The molecule has 0 radical (unpaired) electrons. The third kappa shape index (κ3) is 3.76. The van der Waals surface area contributed by atoms with Gasteiger partial charge in [-0.2, -0.15) is 0 Å². The second-order valence-corrected chi connectivity index (χ2v) is 4.96. The molecule has 0 saturated carbocycles. The van der Waals surface area contributed by atoms with Gasteiger partial charge in [0.25, 0.3) is 0 Å². The SMILES string of the molecule is CCCNC(C)(CN1CCCCC1)C(N)=O. The molecule has 1 heterocycles. The third-order valence-corrected chi connectivity index (χ3v) is 3.30. The van der Waals surface area contributed by atoms with E-state index in [-0.39, 0.29) is 5.91 Å². The molecule has 1 atom stereocenters. The fourth-order valence-corrected chi connectivity index (χ4v) is 2.19. The van der Waals surface area contributed by atoms with E-state index >= 15 is 0 Å². The molecule has 3 N–H and O–H groups in total. The van der Waals surface area contributed by atoms with E-state index in [0.717, 1.165) is 32.6 Å². The van der Waals surface area contributed by atoms with Crippen LogP contribution in [0.4, 0.5) is 0 Å². The van der Waals surface area contributed by atoms with E-state index < -0.39 is 5.54 Å². The molecule has 1 saturated heterocycles. The number of nitrogens with zero attached hydrogens (tertiary/aromatic N) is 1. The fourth-order valence-electron chi connectivity index (χ4n) is 2.19. The van der Waals surface area contributed by atoms with Crippen LogP contribution >= 0.6 is 0 Å². The van der Waals surface area contributed by atoms with E-state index in [9.17, 15) is 4.79 Å². The quantitative estimate of drug-likeness (QED) is 0.703. The van der Waals surface area contributed by atoms with Crippen molar-refractivity contribution in [3.63, 3.8) is 0 Å². The van der Waals surface area contributed by atoms with Gasteiger partial charge >= 0.3 is 0 Å². The molecule has 0 aromatic rings. The standard InChI is InChI=1S/C12H25N3O/c1-3-7-14-12(2,11(13)16)10-15-8-5-4-6-9-15/h14H,3-10H2,1-2H3,(H2,13,16). The zero-order chi connectivity index (χ0) is 12.0. The van der Waals surface area contributed by atoms with Gasteiger partial charge in [-0.25, -0.2) is 0 Å². The van der Waals surface area contributed by atoms with E-state index in [4.69, 9.17) is 5.73 Å². The largest absolute Gasteiger partial charge is 0.368 e. The van der Waals surface area contributed by atoms with Crippen molar-refractivity contribution in [1.82, 2.24) is 10.2 Å². The summed E-state index contributed by atoms with van der Waals surface area (Å²) in [6, 6.07) is 0. The monoisotopic (exact) mass is 227 g/mol. The minimum Gasteiger partial charge on any atom is -0.368 e. The molecule has 0 spiro atoms. The Morgan fingerprint density at radius 1 is 1.38 bits per heavy atom. The van der Waals surface area contributed by atoms with Crippen LogP contribution in [0.3, 0.4) is 0 Å². The number of piperidine rings is 1.